The molecule has 11 heavy (non-hydrogen) atoms. The van der Waals surface area contributed by atoms with Crippen LogP contribution in [0.4, 0.5) is 0 Å². The summed E-state index contributed by atoms with van der Waals surface area (Å²) in [7, 11) is -3.03. The fraction of sp³-hybridized carbons (Fsp3) is 1.00. The molecule has 1 rings (SSSR count). The zero-order valence-electron chi connectivity index (χ0n) is 6.66. The molecule has 66 valence electrons. The molecule has 1 fully saturated rings. The van der Waals surface area contributed by atoms with Gasteiger partial charge in [-0.2, -0.15) is 0 Å². The third-order valence-electron chi connectivity index (χ3n) is 2.22. The number of hydrogen-bond acceptors (Lipinski definition) is 3. The van der Waals surface area contributed by atoms with Crippen molar-refractivity contribution in [3.05, 3.63) is 0 Å². The minimum atomic E-state index is -3.03. The quantitative estimate of drug-likeness (QED) is 0.629. The maximum Gasteiger partial charge on any atom is 0.152 e. The smallest absolute Gasteiger partial charge is 0.152 e. The number of aliphatic hydroxyl groups excluding tert-OH is 1. The summed E-state index contributed by atoms with van der Waals surface area (Å²) >= 11 is 0. The fourth-order valence-corrected chi connectivity index (χ4v) is 2.88. The summed E-state index contributed by atoms with van der Waals surface area (Å²) in [6.45, 7) is 0. The van der Waals surface area contributed by atoms with Gasteiger partial charge in [0.25, 0.3) is 0 Å². The maximum absolute atomic E-state index is 11.0. The minimum absolute atomic E-state index is 0.503. The molecule has 3 nitrogen and oxygen atoms in total. The first-order valence-electron chi connectivity index (χ1n) is 3.89. The molecule has 0 heterocycles. The van der Waals surface area contributed by atoms with E-state index in [9.17, 15) is 13.5 Å². The zero-order valence-corrected chi connectivity index (χ0v) is 7.47. The van der Waals surface area contributed by atoms with Gasteiger partial charge in [0.05, 0.1) is 11.4 Å². The van der Waals surface area contributed by atoms with Crippen LogP contribution < -0.4 is 0 Å². The van der Waals surface area contributed by atoms with E-state index in [1.807, 2.05) is 0 Å². The van der Waals surface area contributed by atoms with Crippen molar-refractivity contribution < 1.29 is 13.5 Å². The van der Waals surface area contributed by atoms with Gasteiger partial charge in [-0.1, -0.05) is 12.8 Å². The summed E-state index contributed by atoms with van der Waals surface area (Å²) in [5, 5.41) is 8.82. The van der Waals surface area contributed by atoms with Crippen LogP contribution in [0.1, 0.15) is 25.7 Å². The van der Waals surface area contributed by atoms with E-state index < -0.39 is 21.2 Å². The zero-order chi connectivity index (χ0) is 8.48. The summed E-state index contributed by atoms with van der Waals surface area (Å²) < 4.78 is 22.1. The minimum Gasteiger partial charge on any atom is -0.392 e. The predicted molar refractivity (Wildman–Crippen MR) is 43.1 cm³/mol. The standard InChI is InChI=1S/C7H14O3S/c1-11(9,10)7-5-3-2-4-6(7)8/h6-8H,2-5H2,1H3/t6-,7-/m0/s1. The lowest BCUT2D eigenvalue weighted by atomic mass is 9.97. The van der Waals surface area contributed by atoms with Gasteiger partial charge >= 0.3 is 0 Å². The molecule has 0 aromatic carbocycles. The van der Waals surface area contributed by atoms with Crippen molar-refractivity contribution in [3.8, 4) is 0 Å². The van der Waals surface area contributed by atoms with Crippen LogP contribution in [0.5, 0.6) is 0 Å². The monoisotopic (exact) mass is 178 g/mol. The van der Waals surface area contributed by atoms with E-state index >= 15 is 0 Å². The first-order valence-corrected chi connectivity index (χ1v) is 5.84. The van der Waals surface area contributed by atoms with Crippen LogP contribution in [0.15, 0.2) is 0 Å². The molecule has 0 bridgehead atoms. The van der Waals surface area contributed by atoms with Crippen molar-refractivity contribution in [2.75, 3.05) is 6.26 Å². The average molecular weight is 178 g/mol. The summed E-state index contributed by atoms with van der Waals surface area (Å²) in [6, 6.07) is 0. The molecule has 0 aromatic heterocycles. The second-order valence-electron chi connectivity index (χ2n) is 3.22. The van der Waals surface area contributed by atoms with E-state index in [-0.39, 0.29) is 0 Å². The van der Waals surface area contributed by atoms with E-state index in [0.29, 0.717) is 12.8 Å². The Morgan fingerprint density at radius 3 is 2.18 bits per heavy atom. The molecule has 1 aliphatic carbocycles. The fourth-order valence-electron chi connectivity index (χ4n) is 1.58. The van der Waals surface area contributed by atoms with Crippen molar-refractivity contribution in [3.63, 3.8) is 0 Å². The molecule has 1 aliphatic rings. The van der Waals surface area contributed by atoms with E-state index in [1.165, 1.54) is 6.26 Å². The van der Waals surface area contributed by atoms with Crippen LogP contribution in [0, 0.1) is 0 Å². The van der Waals surface area contributed by atoms with Gasteiger partial charge < -0.3 is 5.11 Å². The molecule has 0 radical (unpaired) electrons. The van der Waals surface area contributed by atoms with Crippen LogP contribution in [-0.4, -0.2) is 31.1 Å². The molecule has 0 unspecified atom stereocenters. The predicted octanol–water partition coefficient (Wildman–Crippen LogP) is 0.334. The molecule has 0 amide bonds. The van der Waals surface area contributed by atoms with E-state index in [4.69, 9.17) is 0 Å². The van der Waals surface area contributed by atoms with Gasteiger partial charge in [0.1, 0.15) is 0 Å². The van der Waals surface area contributed by atoms with Crippen molar-refractivity contribution in [2.45, 2.75) is 37.0 Å². The topological polar surface area (TPSA) is 54.4 Å². The summed E-state index contributed by atoms with van der Waals surface area (Å²) in [4.78, 5) is 0. The van der Waals surface area contributed by atoms with Gasteiger partial charge in [-0.05, 0) is 12.8 Å². The Bertz CT molecular complexity index is 220. The first kappa shape index (κ1) is 9.00. The number of aliphatic hydroxyl groups is 1. The Balaban J connectivity index is 2.70. The Labute approximate surface area is 67.3 Å². The average Bonchev–Trinajstić information content (AvgIpc) is 1.86. The lowest BCUT2D eigenvalue weighted by Crippen LogP contribution is -2.36. The number of hydrogen-bond donors (Lipinski definition) is 1. The van der Waals surface area contributed by atoms with Gasteiger partial charge in [0.15, 0.2) is 9.84 Å². The van der Waals surface area contributed by atoms with E-state index in [1.54, 1.807) is 0 Å². The largest absolute Gasteiger partial charge is 0.392 e. The van der Waals surface area contributed by atoms with Crippen LogP contribution in [-0.2, 0) is 9.84 Å². The van der Waals surface area contributed by atoms with Gasteiger partial charge in [0.2, 0.25) is 0 Å². The lowest BCUT2D eigenvalue weighted by Gasteiger charge is -2.25. The third kappa shape index (κ3) is 2.17. The lowest BCUT2D eigenvalue weighted by molar-refractivity contribution is 0.133. The van der Waals surface area contributed by atoms with E-state index in [0.717, 1.165) is 12.8 Å². The summed E-state index contributed by atoms with van der Waals surface area (Å²) in [5.41, 5.74) is 0. The summed E-state index contributed by atoms with van der Waals surface area (Å²) in [6.07, 6.45) is 3.71. The highest BCUT2D eigenvalue weighted by Crippen LogP contribution is 2.23. The van der Waals surface area contributed by atoms with Crippen molar-refractivity contribution in [2.24, 2.45) is 0 Å². The SMILES string of the molecule is CS(=O)(=O)[C@H]1CCCC[C@@H]1O. The Morgan fingerprint density at radius 1 is 1.27 bits per heavy atom. The molecule has 2 atom stereocenters. The van der Waals surface area contributed by atoms with Gasteiger partial charge in [0, 0.05) is 6.26 Å². The van der Waals surface area contributed by atoms with Gasteiger partial charge in [-0.3, -0.25) is 0 Å². The van der Waals surface area contributed by atoms with Gasteiger partial charge in [-0.25, -0.2) is 8.42 Å². The molecule has 0 aromatic rings. The Hall–Kier alpha value is -0.0900. The Kier molecular flexibility index (Phi) is 2.54. The molecular weight excluding hydrogens is 164 g/mol. The molecule has 0 spiro atoms. The molecule has 0 saturated heterocycles. The third-order valence-corrected chi connectivity index (χ3v) is 3.87. The molecule has 1 N–H and O–H groups in total. The summed E-state index contributed by atoms with van der Waals surface area (Å²) in [5.74, 6) is 0. The second-order valence-corrected chi connectivity index (χ2v) is 5.48. The number of sulfone groups is 1. The van der Waals surface area contributed by atoms with E-state index in [2.05, 4.69) is 0 Å². The van der Waals surface area contributed by atoms with Gasteiger partial charge in [-0.15, -0.1) is 0 Å². The second kappa shape index (κ2) is 3.11. The molecular formula is C7H14O3S. The van der Waals surface area contributed by atoms with Crippen molar-refractivity contribution in [1.29, 1.82) is 0 Å². The first-order chi connectivity index (χ1) is 5.02. The highest BCUT2D eigenvalue weighted by atomic mass is 32.2. The highest BCUT2D eigenvalue weighted by molar-refractivity contribution is 7.91. The number of rotatable bonds is 1. The van der Waals surface area contributed by atoms with Crippen molar-refractivity contribution in [1.82, 2.24) is 0 Å². The normalized spacial score (nSPS) is 33.6. The van der Waals surface area contributed by atoms with Crippen LogP contribution >= 0.6 is 0 Å². The highest BCUT2D eigenvalue weighted by Gasteiger charge is 2.30. The van der Waals surface area contributed by atoms with Crippen LogP contribution in [0.2, 0.25) is 0 Å². The maximum atomic E-state index is 11.0. The van der Waals surface area contributed by atoms with Crippen LogP contribution in [0.3, 0.4) is 0 Å². The van der Waals surface area contributed by atoms with Crippen LogP contribution in [0.25, 0.3) is 0 Å². The molecule has 4 heteroatoms. The van der Waals surface area contributed by atoms with Crippen molar-refractivity contribution >= 4 is 9.84 Å². The molecule has 1 saturated carbocycles. The Morgan fingerprint density at radius 2 is 1.82 bits per heavy atom. The molecule has 0 aliphatic heterocycles.